The number of ether oxygens (including phenoxy) is 1. The Hall–Kier alpha value is -2.26. The van der Waals surface area contributed by atoms with Gasteiger partial charge in [0.1, 0.15) is 29.7 Å². The number of benzene rings is 1. The van der Waals surface area contributed by atoms with Gasteiger partial charge in [-0.25, -0.2) is 4.21 Å². The molecule has 3 N–H and O–H groups in total. The smallest absolute Gasteiger partial charge is 0.251 e. The second-order valence-electron chi connectivity index (χ2n) is 8.07. The number of amides is 2. The van der Waals surface area contributed by atoms with Crippen molar-refractivity contribution in [3.8, 4) is 0 Å². The number of carbonyl (C=O) groups is 3. The SMILES string of the molecule is CS(=O)Nc1ccc(C(=O)NC(CC2(C)CCC2)C(=O)N[C@H]2COCC2=O)cc1. The molecule has 0 radical (unpaired) electrons. The predicted octanol–water partition coefficient (Wildman–Crippen LogP) is 1.15. The zero-order valence-corrected chi connectivity index (χ0v) is 17.5. The lowest BCUT2D eigenvalue weighted by molar-refractivity contribution is -0.128. The van der Waals surface area contributed by atoms with Crippen LogP contribution in [0.1, 0.15) is 43.0 Å². The van der Waals surface area contributed by atoms with Crippen LogP contribution in [0, 0.1) is 5.41 Å². The first-order valence-corrected chi connectivity index (χ1v) is 11.2. The molecular weight excluding hydrogens is 394 g/mol. The Balaban J connectivity index is 1.68. The van der Waals surface area contributed by atoms with Gasteiger partial charge in [-0.3, -0.25) is 14.4 Å². The Bertz CT molecular complexity index is 807. The second kappa shape index (κ2) is 9.04. The number of rotatable bonds is 8. The van der Waals surface area contributed by atoms with E-state index in [9.17, 15) is 18.6 Å². The van der Waals surface area contributed by atoms with Gasteiger partial charge in [0.2, 0.25) is 5.91 Å². The highest BCUT2D eigenvalue weighted by atomic mass is 32.2. The van der Waals surface area contributed by atoms with Crippen molar-refractivity contribution in [3.05, 3.63) is 29.8 Å². The Morgan fingerprint density at radius 3 is 2.48 bits per heavy atom. The van der Waals surface area contributed by atoms with Crippen molar-refractivity contribution >= 4 is 34.3 Å². The maximum absolute atomic E-state index is 12.8. The molecule has 0 aromatic heterocycles. The first-order valence-electron chi connectivity index (χ1n) is 9.68. The molecule has 2 amide bonds. The van der Waals surface area contributed by atoms with Gasteiger partial charge in [-0.15, -0.1) is 0 Å². The highest BCUT2D eigenvalue weighted by Crippen LogP contribution is 2.44. The van der Waals surface area contributed by atoms with E-state index in [2.05, 4.69) is 22.3 Å². The van der Waals surface area contributed by atoms with Crippen molar-refractivity contribution in [3.63, 3.8) is 0 Å². The van der Waals surface area contributed by atoms with Crippen LogP contribution in [0.2, 0.25) is 0 Å². The number of nitrogens with one attached hydrogen (secondary N) is 3. The van der Waals surface area contributed by atoms with Crippen molar-refractivity contribution in [1.82, 2.24) is 10.6 Å². The molecule has 1 aromatic carbocycles. The van der Waals surface area contributed by atoms with E-state index in [0.717, 1.165) is 19.3 Å². The van der Waals surface area contributed by atoms with Crippen LogP contribution in [0.15, 0.2) is 24.3 Å². The Morgan fingerprint density at radius 1 is 1.28 bits per heavy atom. The summed E-state index contributed by atoms with van der Waals surface area (Å²) >= 11 is 0. The van der Waals surface area contributed by atoms with E-state index in [1.807, 2.05) is 0 Å². The van der Waals surface area contributed by atoms with Gasteiger partial charge in [-0.1, -0.05) is 13.3 Å². The molecule has 2 aliphatic rings. The quantitative estimate of drug-likeness (QED) is 0.583. The van der Waals surface area contributed by atoms with Crippen LogP contribution in [0.25, 0.3) is 0 Å². The van der Waals surface area contributed by atoms with Crippen molar-refractivity contribution in [2.75, 3.05) is 24.2 Å². The van der Waals surface area contributed by atoms with E-state index >= 15 is 0 Å². The average molecular weight is 422 g/mol. The lowest BCUT2D eigenvalue weighted by atomic mass is 9.67. The number of ketones is 1. The molecule has 1 aliphatic heterocycles. The number of carbonyl (C=O) groups excluding carboxylic acids is 3. The fourth-order valence-corrected chi connectivity index (χ4v) is 4.12. The molecule has 29 heavy (non-hydrogen) atoms. The molecule has 2 fully saturated rings. The summed E-state index contributed by atoms with van der Waals surface area (Å²) in [5.41, 5.74) is 1.04. The topological polar surface area (TPSA) is 114 Å². The van der Waals surface area contributed by atoms with E-state index in [-0.39, 0.29) is 36.2 Å². The zero-order chi connectivity index (χ0) is 21.0. The van der Waals surface area contributed by atoms with E-state index in [1.165, 1.54) is 6.26 Å². The van der Waals surface area contributed by atoms with Gasteiger partial charge in [0, 0.05) is 17.5 Å². The third kappa shape index (κ3) is 5.63. The Kier molecular flexibility index (Phi) is 6.69. The summed E-state index contributed by atoms with van der Waals surface area (Å²) in [5.74, 6) is -0.893. The fourth-order valence-electron chi connectivity index (χ4n) is 3.65. The fraction of sp³-hybridized carbons (Fsp3) is 0.550. The largest absolute Gasteiger partial charge is 0.371 e. The minimum absolute atomic E-state index is 0.00260. The van der Waals surface area contributed by atoms with Crippen LogP contribution in [0.4, 0.5) is 5.69 Å². The van der Waals surface area contributed by atoms with Crippen molar-refractivity contribution in [2.24, 2.45) is 5.41 Å². The summed E-state index contributed by atoms with van der Waals surface area (Å²) in [7, 11) is -1.20. The molecule has 0 spiro atoms. The summed E-state index contributed by atoms with van der Waals surface area (Å²) in [5, 5.41) is 5.54. The van der Waals surface area contributed by atoms with Gasteiger partial charge < -0.3 is 20.1 Å². The molecule has 1 aromatic rings. The molecule has 1 saturated carbocycles. The molecule has 1 saturated heterocycles. The molecule has 2 unspecified atom stereocenters. The van der Waals surface area contributed by atoms with Gasteiger partial charge in [0.05, 0.1) is 6.61 Å². The molecule has 3 rings (SSSR count). The maximum atomic E-state index is 12.8. The van der Waals surface area contributed by atoms with E-state index in [1.54, 1.807) is 24.3 Å². The first-order chi connectivity index (χ1) is 13.8. The Morgan fingerprint density at radius 2 is 1.97 bits per heavy atom. The van der Waals surface area contributed by atoms with Gasteiger partial charge in [-0.05, 0) is 48.9 Å². The van der Waals surface area contributed by atoms with Gasteiger partial charge in [-0.2, -0.15) is 0 Å². The molecule has 8 nitrogen and oxygen atoms in total. The minimum atomic E-state index is -1.20. The van der Waals surface area contributed by atoms with Crippen molar-refractivity contribution < 1.29 is 23.3 Å². The van der Waals surface area contributed by atoms with Crippen LogP contribution in [0.3, 0.4) is 0 Å². The molecule has 3 atom stereocenters. The van der Waals surface area contributed by atoms with Crippen molar-refractivity contribution in [1.29, 1.82) is 0 Å². The third-order valence-corrected chi connectivity index (χ3v) is 6.05. The molecule has 1 aliphatic carbocycles. The molecular formula is C20H27N3O5S. The summed E-state index contributed by atoms with van der Waals surface area (Å²) < 4.78 is 19.1. The monoisotopic (exact) mass is 421 g/mol. The predicted molar refractivity (Wildman–Crippen MR) is 110 cm³/mol. The van der Waals surface area contributed by atoms with Gasteiger partial charge in [0.25, 0.3) is 5.91 Å². The molecule has 9 heteroatoms. The van der Waals surface area contributed by atoms with Gasteiger partial charge in [0.15, 0.2) is 5.78 Å². The number of Topliss-reactive ketones (excluding diaryl/α,β-unsaturated/α-hetero) is 1. The highest BCUT2D eigenvalue weighted by molar-refractivity contribution is 7.85. The second-order valence-corrected chi connectivity index (χ2v) is 9.18. The van der Waals surface area contributed by atoms with E-state index in [4.69, 9.17) is 4.74 Å². The lowest BCUT2D eigenvalue weighted by Crippen LogP contribution is -2.53. The first kappa shape index (κ1) is 21.4. The Labute approximate surface area is 172 Å². The number of hydrogen-bond acceptors (Lipinski definition) is 5. The maximum Gasteiger partial charge on any atom is 0.251 e. The van der Waals surface area contributed by atoms with Crippen molar-refractivity contribution in [2.45, 2.75) is 44.7 Å². The normalized spacial score (nSPS) is 22.3. The summed E-state index contributed by atoms with van der Waals surface area (Å²) in [4.78, 5) is 37.3. The standard InChI is InChI=1S/C20H27N3O5S/c1-20(8-3-9-20)10-15(19(26)22-16-11-28-12-17(16)24)21-18(25)13-4-6-14(7-5-13)23-29(2)27/h4-7,15-16,23H,3,8-12H2,1-2H3,(H,21,25)(H,22,26)/t15?,16-,29?/m0/s1. The summed E-state index contributed by atoms with van der Waals surface area (Å²) in [6.07, 6.45) is 5.16. The highest BCUT2D eigenvalue weighted by Gasteiger charge is 2.38. The minimum Gasteiger partial charge on any atom is -0.371 e. The van der Waals surface area contributed by atoms with E-state index < -0.39 is 23.1 Å². The van der Waals surface area contributed by atoms with Crippen LogP contribution in [0.5, 0.6) is 0 Å². The average Bonchev–Trinajstić information content (AvgIpc) is 3.04. The summed E-state index contributed by atoms with van der Waals surface area (Å²) in [6.45, 7) is 2.27. The lowest BCUT2D eigenvalue weighted by Gasteiger charge is -2.40. The number of anilines is 1. The molecule has 1 heterocycles. The summed E-state index contributed by atoms with van der Waals surface area (Å²) in [6, 6.07) is 5.15. The third-order valence-electron chi connectivity index (χ3n) is 5.52. The van der Waals surface area contributed by atoms with Crippen LogP contribution >= 0.6 is 0 Å². The van der Waals surface area contributed by atoms with E-state index in [0.29, 0.717) is 17.7 Å². The van der Waals surface area contributed by atoms with Gasteiger partial charge >= 0.3 is 0 Å². The molecule has 158 valence electrons. The molecule has 0 bridgehead atoms. The zero-order valence-electron chi connectivity index (χ0n) is 16.7. The number of hydrogen-bond donors (Lipinski definition) is 3. The van der Waals surface area contributed by atoms with Crippen LogP contribution < -0.4 is 15.4 Å². The van der Waals surface area contributed by atoms with Crippen LogP contribution in [-0.2, 0) is 25.3 Å². The van der Waals surface area contributed by atoms with Crippen LogP contribution in [-0.4, -0.2) is 53.4 Å².